The minimum Gasteiger partial charge on any atom is -0.384 e. The van der Waals surface area contributed by atoms with Crippen molar-refractivity contribution in [1.29, 1.82) is 0 Å². The number of methoxy groups -OCH3 is 1. The van der Waals surface area contributed by atoms with Gasteiger partial charge in [0.05, 0.1) is 17.6 Å². The lowest BCUT2D eigenvalue weighted by atomic mass is 9.78. The number of pyridine rings is 1. The summed E-state index contributed by atoms with van der Waals surface area (Å²) in [6, 6.07) is 3.39. The zero-order valence-corrected chi connectivity index (χ0v) is 17.7. The Balaban J connectivity index is 0.00000196. The number of carbonyl (C=O) groups is 2. The highest BCUT2D eigenvalue weighted by molar-refractivity contribution is 5.97. The molecule has 0 aromatic carbocycles. The Labute approximate surface area is 178 Å². The lowest BCUT2D eigenvalue weighted by Gasteiger charge is -2.43. The van der Waals surface area contributed by atoms with Crippen LogP contribution in [0.15, 0.2) is 18.3 Å². The average molecular weight is 434 g/mol. The van der Waals surface area contributed by atoms with Gasteiger partial charge in [-0.25, -0.2) is 4.98 Å². The smallest absolute Gasteiger partial charge is 0.252 e. The van der Waals surface area contributed by atoms with E-state index >= 15 is 0 Å². The molecule has 8 nitrogen and oxygen atoms in total. The molecule has 2 amide bonds. The highest BCUT2D eigenvalue weighted by atomic mass is 35.5. The number of amides is 2. The highest BCUT2D eigenvalue weighted by Gasteiger charge is 2.43. The Hall–Kier alpha value is -1.61. The summed E-state index contributed by atoms with van der Waals surface area (Å²) in [5.41, 5.74) is 5.45. The fraction of sp³-hybridized carbons (Fsp3) is 0.611. The first kappa shape index (κ1) is 24.4. The van der Waals surface area contributed by atoms with Crippen molar-refractivity contribution in [1.82, 2.24) is 15.2 Å². The van der Waals surface area contributed by atoms with Crippen molar-refractivity contribution in [3.8, 4) is 0 Å². The van der Waals surface area contributed by atoms with Crippen molar-refractivity contribution < 1.29 is 14.3 Å². The summed E-state index contributed by atoms with van der Waals surface area (Å²) < 4.78 is 5.38. The van der Waals surface area contributed by atoms with Crippen molar-refractivity contribution >= 4 is 42.4 Å². The molecule has 0 spiro atoms. The second kappa shape index (κ2) is 10.8. The van der Waals surface area contributed by atoms with Crippen LogP contribution in [0, 0.1) is 5.41 Å². The summed E-state index contributed by atoms with van der Waals surface area (Å²) in [5.74, 6) is 0.289. The number of hydrogen-bond donors (Lipinski definition) is 2. The molecule has 3 heterocycles. The number of nitrogens with one attached hydrogen (secondary N) is 1. The number of primary amides is 1. The maximum Gasteiger partial charge on any atom is 0.252 e. The van der Waals surface area contributed by atoms with Gasteiger partial charge in [0.25, 0.3) is 5.91 Å². The van der Waals surface area contributed by atoms with Crippen LogP contribution in [0.25, 0.3) is 0 Å². The van der Waals surface area contributed by atoms with E-state index in [1.807, 2.05) is 9.80 Å². The number of aromatic nitrogens is 1. The molecule has 28 heavy (non-hydrogen) atoms. The number of anilines is 1. The van der Waals surface area contributed by atoms with E-state index in [0.29, 0.717) is 44.2 Å². The molecule has 3 N–H and O–H groups in total. The molecule has 0 radical (unpaired) electrons. The minimum atomic E-state index is -0.486. The molecule has 1 aromatic rings. The highest BCUT2D eigenvalue weighted by Crippen LogP contribution is 2.32. The Morgan fingerprint density at radius 3 is 2.43 bits per heavy atom. The molecule has 3 rings (SSSR count). The molecule has 0 aliphatic carbocycles. The topological polar surface area (TPSA) is 101 Å². The predicted molar refractivity (Wildman–Crippen MR) is 112 cm³/mol. The van der Waals surface area contributed by atoms with Gasteiger partial charge in [0.1, 0.15) is 5.82 Å². The molecule has 2 aliphatic heterocycles. The largest absolute Gasteiger partial charge is 0.384 e. The lowest BCUT2D eigenvalue weighted by Crippen LogP contribution is -2.56. The zero-order chi connectivity index (χ0) is 18.6. The molecule has 0 bridgehead atoms. The third kappa shape index (κ3) is 5.05. The Kier molecular flexibility index (Phi) is 9.43. The number of nitrogens with zero attached hydrogens (tertiary/aromatic N) is 3. The van der Waals surface area contributed by atoms with Crippen LogP contribution in [0.4, 0.5) is 5.82 Å². The van der Waals surface area contributed by atoms with E-state index in [1.54, 1.807) is 25.4 Å². The quantitative estimate of drug-likeness (QED) is 0.708. The molecule has 0 unspecified atom stereocenters. The van der Waals surface area contributed by atoms with Crippen molar-refractivity contribution in [3.63, 3.8) is 0 Å². The second-order valence-corrected chi connectivity index (χ2v) is 6.98. The van der Waals surface area contributed by atoms with Crippen molar-refractivity contribution in [3.05, 3.63) is 23.9 Å². The fourth-order valence-electron chi connectivity index (χ4n) is 3.90. The number of nitrogens with two attached hydrogens (primary N) is 1. The predicted octanol–water partition coefficient (Wildman–Crippen LogP) is 0.689. The summed E-state index contributed by atoms with van der Waals surface area (Å²) in [6.07, 6.45) is 3.25. The van der Waals surface area contributed by atoms with Gasteiger partial charge in [-0.15, -0.1) is 24.8 Å². The number of rotatable bonds is 5. The molecule has 0 atom stereocenters. The minimum absolute atomic E-state index is 0. The van der Waals surface area contributed by atoms with Crippen LogP contribution in [0.1, 0.15) is 23.2 Å². The molecule has 10 heteroatoms. The molecule has 2 aliphatic rings. The van der Waals surface area contributed by atoms with Crippen molar-refractivity contribution in [2.75, 3.05) is 57.9 Å². The van der Waals surface area contributed by atoms with E-state index in [1.165, 1.54) is 0 Å². The van der Waals surface area contributed by atoms with Crippen LogP contribution in [0.3, 0.4) is 0 Å². The van der Waals surface area contributed by atoms with Crippen molar-refractivity contribution in [2.45, 2.75) is 12.8 Å². The lowest BCUT2D eigenvalue weighted by molar-refractivity contribution is -0.147. The monoisotopic (exact) mass is 433 g/mol. The Morgan fingerprint density at radius 2 is 1.86 bits per heavy atom. The van der Waals surface area contributed by atoms with Gasteiger partial charge in [0.15, 0.2) is 0 Å². The average Bonchev–Trinajstić information content (AvgIpc) is 2.68. The number of ether oxygens (including phenoxy) is 1. The van der Waals surface area contributed by atoms with Gasteiger partial charge in [0.2, 0.25) is 5.91 Å². The van der Waals surface area contributed by atoms with Crippen LogP contribution < -0.4 is 16.0 Å². The van der Waals surface area contributed by atoms with Crippen LogP contribution in [-0.2, 0) is 9.53 Å². The van der Waals surface area contributed by atoms with E-state index < -0.39 is 11.3 Å². The van der Waals surface area contributed by atoms with Crippen LogP contribution in [0.5, 0.6) is 0 Å². The zero-order valence-electron chi connectivity index (χ0n) is 16.1. The summed E-state index contributed by atoms with van der Waals surface area (Å²) in [5, 5.41) is 3.31. The van der Waals surface area contributed by atoms with Gasteiger partial charge in [-0.1, -0.05) is 0 Å². The Morgan fingerprint density at radius 1 is 1.21 bits per heavy atom. The molecule has 0 saturated carbocycles. The van der Waals surface area contributed by atoms with Gasteiger partial charge in [-0.2, -0.15) is 0 Å². The van der Waals surface area contributed by atoms with E-state index in [4.69, 9.17) is 10.5 Å². The number of piperidine rings is 1. The van der Waals surface area contributed by atoms with E-state index in [-0.39, 0.29) is 30.7 Å². The molecular weight excluding hydrogens is 405 g/mol. The standard InChI is InChI=1S/C18H27N5O3.2ClH/c1-26-13-18(4-7-20-8-5-18)17(25)23-11-9-22(10-12-23)16-14(15(19)24)3-2-6-21-16;;/h2-3,6,20H,4-5,7-13H2,1H3,(H2,19,24);2*1H. The molecular formula is C18H29Cl2N5O3. The maximum atomic E-state index is 13.2. The summed E-state index contributed by atoms with van der Waals surface area (Å²) in [7, 11) is 1.65. The van der Waals surface area contributed by atoms with Crippen LogP contribution in [0.2, 0.25) is 0 Å². The number of carbonyl (C=O) groups excluding carboxylic acids is 2. The summed E-state index contributed by atoms with van der Waals surface area (Å²) >= 11 is 0. The van der Waals surface area contributed by atoms with Gasteiger partial charge >= 0.3 is 0 Å². The first-order valence-electron chi connectivity index (χ1n) is 9.06. The normalized spacial score (nSPS) is 18.6. The number of halogens is 2. The van der Waals surface area contributed by atoms with Gasteiger partial charge in [-0.05, 0) is 38.1 Å². The Bertz CT molecular complexity index is 657. The van der Waals surface area contributed by atoms with Gasteiger partial charge in [0, 0.05) is 39.5 Å². The summed E-state index contributed by atoms with van der Waals surface area (Å²) in [4.78, 5) is 33.1. The first-order chi connectivity index (χ1) is 12.6. The maximum absolute atomic E-state index is 13.2. The van der Waals surface area contributed by atoms with E-state index in [0.717, 1.165) is 25.9 Å². The van der Waals surface area contributed by atoms with Crippen LogP contribution >= 0.6 is 24.8 Å². The fourth-order valence-corrected chi connectivity index (χ4v) is 3.90. The third-order valence-electron chi connectivity index (χ3n) is 5.35. The SMILES string of the molecule is COCC1(C(=O)N2CCN(c3ncccc3C(N)=O)CC2)CCNCC1.Cl.Cl. The molecule has 158 valence electrons. The second-order valence-electron chi connectivity index (χ2n) is 6.98. The third-order valence-corrected chi connectivity index (χ3v) is 5.35. The number of piperazine rings is 1. The van der Waals surface area contributed by atoms with Crippen molar-refractivity contribution in [2.24, 2.45) is 11.1 Å². The number of hydrogen-bond acceptors (Lipinski definition) is 6. The summed E-state index contributed by atoms with van der Waals surface area (Å²) in [6.45, 7) is 4.60. The molecule has 2 fully saturated rings. The molecule has 1 aromatic heterocycles. The van der Waals surface area contributed by atoms with Gasteiger partial charge < -0.3 is 25.6 Å². The van der Waals surface area contributed by atoms with E-state index in [2.05, 4.69) is 10.3 Å². The first-order valence-corrected chi connectivity index (χ1v) is 9.06. The molecule has 2 saturated heterocycles. The van der Waals surface area contributed by atoms with E-state index in [9.17, 15) is 9.59 Å². The van der Waals surface area contributed by atoms with Gasteiger partial charge in [-0.3, -0.25) is 9.59 Å². The van der Waals surface area contributed by atoms with Crippen LogP contribution in [-0.4, -0.2) is 74.7 Å².